The van der Waals surface area contributed by atoms with Crippen molar-refractivity contribution in [3.63, 3.8) is 0 Å². The second-order valence-corrected chi connectivity index (χ2v) is 15.0. The van der Waals surface area contributed by atoms with Crippen molar-refractivity contribution in [2.24, 2.45) is 0 Å². The van der Waals surface area contributed by atoms with Crippen LogP contribution in [0.4, 0.5) is 0 Å². The minimum atomic E-state index is 0.629. The first-order valence-corrected chi connectivity index (χ1v) is 19.7. The van der Waals surface area contributed by atoms with Crippen LogP contribution in [0.1, 0.15) is 0 Å². The van der Waals surface area contributed by atoms with Gasteiger partial charge in [0.25, 0.3) is 0 Å². The highest BCUT2D eigenvalue weighted by Crippen LogP contribution is 2.42. The van der Waals surface area contributed by atoms with E-state index in [1.165, 1.54) is 49.1 Å². The fraction of sp³-hybridized carbons (Fsp3) is 0. The number of nitrogens with zero attached hydrogens (tertiary/aromatic N) is 4. The number of rotatable bonds is 5. The first kappa shape index (κ1) is 32.4. The number of hydrogen-bond acceptors (Lipinski definition) is 2. The van der Waals surface area contributed by atoms with E-state index in [0.29, 0.717) is 5.95 Å². The average molecular weight is 739 g/mol. The van der Waals surface area contributed by atoms with Gasteiger partial charge in [0.1, 0.15) is 0 Å². The van der Waals surface area contributed by atoms with E-state index in [9.17, 15) is 0 Å². The van der Waals surface area contributed by atoms with E-state index in [1.54, 1.807) is 0 Å². The monoisotopic (exact) mass is 738 g/mol. The van der Waals surface area contributed by atoms with Crippen molar-refractivity contribution in [3.05, 3.63) is 206 Å². The largest absolute Gasteiger partial charge is 0.309 e. The third-order valence-electron chi connectivity index (χ3n) is 11.7. The molecule has 0 amide bonds. The summed E-state index contributed by atoms with van der Waals surface area (Å²) in [6.07, 6.45) is 0. The predicted octanol–water partition coefficient (Wildman–Crippen LogP) is 14.0. The first-order valence-electron chi connectivity index (χ1n) is 19.7. The fourth-order valence-electron chi connectivity index (χ4n) is 9.05. The van der Waals surface area contributed by atoms with Gasteiger partial charge in [0, 0.05) is 38.1 Å². The van der Waals surface area contributed by atoms with Crippen LogP contribution >= 0.6 is 0 Å². The lowest BCUT2D eigenvalue weighted by molar-refractivity contribution is 0.998. The molecule has 0 aliphatic heterocycles. The van der Waals surface area contributed by atoms with Crippen molar-refractivity contribution in [3.8, 4) is 50.7 Å². The molecule has 12 aromatic rings. The Kier molecular flexibility index (Phi) is 7.20. The van der Waals surface area contributed by atoms with Crippen LogP contribution in [0.25, 0.3) is 111 Å². The SMILES string of the molecule is c1ccc(-c2cccc(-c3cc(-c4cccc(-c5ccccc5)c4)nc(-n4c5ccccc5c5ccc6c7ccccc7n7c8ccccc8cc7c6c54)n3)c2)cc1. The molecule has 4 heteroatoms. The summed E-state index contributed by atoms with van der Waals surface area (Å²) in [6, 6.07) is 73.7. The molecule has 58 heavy (non-hydrogen) atoms. The van der Waals surface area contributed by atoms with Crippen LogP contribution < -0.4 is 0 Å². The predicted molar refractivity (Wildman–Crippen MR) is 242 cm³/mol. The summed E-state index contributed by atoms with van der Waals surface area (Å²) in [5, 5.41) is 7.11. The topological polar surface area (TPSA) is 35.1 Å². The Morgan fingerprint density at radius 3 is 1.47 bits per heavy atom. The van der Waals surface area contributed by atoms with Gasteiger partial charge in [-0.15, -0.1) is 0 Å². The Morgan fingerprint density at radius 1 is 0.310 bits per heavy atom. The number of benzene rings is 8. The second-order valence-electron chi connectivity index (χ2n) is 15.0. The van der Waals surface area contributed by atoms with Crippen LogP contribution in [0.3, 0.4) is 0 Å². The fourth-order valence-corrected chi connectivity index (χ4v) is 9.05. The lowest BCUT2D eigenvalue weighted by Crippen LogP contribution is -2.05. The van der Waals surface area contributed by atoms with Crippen LogP contribution in [0, 0.1) is 0 Å². The van der Waals surface area contributed by atoms with Crippen LogP contribution in [-0.4, -0.2) is 18.9 Å². The van der Waals surface area contributed by atoms with Gasteiger partial charge in [0.05, 0.1) is 39.0 Å². The summed E-state index contributed by atoms with van der Waals surface area (Å²) in [5.74, 6) is 0.629. The lowest BCUT2D eigenvalue weighted by atomic mass is 9.99. The zero-order valence-corrected chi connectivity index (χ0v) is 31.4. The van der Waals surface area contributed by atoms with Crippen molar-refractivity contribution in [1.82, 2.24) is 18.9 Å². The van der Waals surface area contributed by atoms with Crippen molar-refractivity contribution in [1.29, 1.82) is 0 Å². The molecule has 0 radical (unpaired) electrons. The molecule has 0 bridgehead atoms. The Balaban J connectivity index is 1.21. The van der Waals surface area contributed by atoms with Gasteiger partial charge >= 0.3 is 0 Å². The van der Waals surface area contributed by atoms with Gasteiger partial charge < -0.3 is 4.40 Å². The van der Waals surface area contributed by atoms with Gasteiger partial charge in [0.15, 0.2) is 0 Å². The Morgan fingerprint density at radius 2 is 0.810 bits per heavy atom. The van der Waals surface area contributed by atoms with Crippen molar-refractivity contribution in [2.45, 2.75) is 0 Å². The maximum Gasteiger partial charge on any atom is 0.235 e. The molecule has 4 heterocycles. The zero-order chi connectivity index (χ0) is 38.2. The standard InChI is InChI=1S/C54H34N4/c1-3-15-35(16-4-1)37-20-13-22-39(31-37)46-34-47(40-23-14-21-38(32-40)36-17-5-2-6-18-36)56-54(55-46)58-50-28-12-9-25-43(50)45-30-29-44-42-24-8-11-27-49(42)57-48-26-10-7-19-41(48)33-51(57)52(44)53(45)58/h1-34H. The molecule has 0 atom stereocenters. The highest BCUT2D eigenvalue weighted by atomic mass is 15.2. The Labute approximate surface area is 334 Å². The van der Waals surface area contributed by atoms with Crippen LogP contribution in [0.2, 0.25) is 0 Å². The molecule has 4 nitrogen and oxygen atoms in total. The molecule has 12 rings (SSSR count). The van der Waals surface area contributed by atoms with Crippen molar-refractivity contribution >= 4 is 59.9 Å². The van der Waals surface area contributed by atoms with Gasteiger partial charge in [-0.1, -0.05) is 164 Å². The molecule has 0 saturated heterocycles. The summed E-state index contributed by atoms with van der Waals surface area (Å²) in [4.78, 5) is 11.0. The van der Waals surface area contributed by atoms with E-state index in [0.717, 1.165) is 55.6 Å². The molecule has 0 aliphatic carbocycles. The summed E-state index contributed by atoms with van der Waals surface area (Å²) < 4.78 is 4.75. The molecule has 0 fully saturated rings. The zero-order valence-electron chi connectivity index (χ0n) is 31.4. The normalized spacial score (nSPS) is 11.8. The highest BCUT2D eigenvalue weighted by Gasteiger charge is 2.22. The van der Waals surface area contributed by atoms with E-state index in [1.807, 2.05) is 0 Å². The summed E-state index contributed by atoms with van der Waals surface area (Å²) in [6.45, 7) is 0. The molecule has 0 unspecified atom stereocenters. The van der Waals surface area contributed by atoms with Gasteiger partial charge in [-0.25, -0.2) is 9.97 Å². The maximum atomic E-state index is 5.52. The lowest BCUT2D eigenvalue weighted by Gasteiger charge is -2.15. The number of para-hydroxylation sites is 3. The molecule has 0 aliphatic rings. The molecule has 4 aromatic heterocycles. The summed E-state index contributed by atoms with van der Waals surface area (Å²) in [7, 11) is 0. The molecule has 0 spiro atoms. The smallest absolute Gasteiger partial charge is 0.235 e. The second kappa shape index (κ2) is 12.9. The quantitative estimate of drug-likeness (QED) is 0.165. The third kappa shape index (κ3) is 5.02. The average Bonchev–Trinajstić information content (AvgIpc) is 3.86. The molecular weight excluding hydrogens is 705 g/mol. The van der Waals surface area contributed by atoms with Gasteiger partial charge in [-0.05, 0) is 70.1 Å². The molecular formula is C54H34N4. The van der Waals surface area contributed by atoms with Gasteiger partial charge in [0.2, 0.25) is 5.95 Å². The first-order chi connectivity index (χ1) is 28.8. The van der Waals surface area contributed by atoms with Gasteiger partial charge in [-0.2, -0.15) is 0 Å². The number of pyridine rings is 1. The molecule has 0 saturated carbocycles. The summed E-state index contributed by atoms with van der Waals surface area (Å²) >= 11 is 0. The Bertz CT molecular complexity index is 3460. The number of fused-ring (bicyclic) bond motifs is 12. The van der Waals surface area contributed by atoms with Gasteiger partial charge in [-0.3, -0.25) is 4.57 Å². The van der Waals surface area contributed by atoms with E-state index < -0.39 is 0 Å². The van der Waals surface area contributed by atoms with E-state index >= 15 is 0 Å². The molecule has 0 N–H and O–H groups in total. The van der Waals surface area contributed by atoms with E-state index in [4.69, 9.17) is 9.97 Å². The maximum absolute atomic E-state index is 5.52. The van der Waals surface area contributed by atoms with Crippen LogP contribution in [0.5, 0.6) is 0 Å². The number of hydrogen-bond donors (Lipinski definition) is 0. The van der Waals surface area contributed by atoms with Crippen molar-refractivity contribution < 1.29 is 0 Å². The molecule has 270 valence electrons. The Hall–Kier alpha value is -7.82. The van der Waals surface area contributed by atoms with Crippen molar-refractivity contribution in [2.75, 3.05) is 0 Å². The highest BCUT2D eigenvalue weighted by molar-refractivity contribution is 6.28. The van der Waals surface area contributed by atoms with E-state index in [-0.39, 0.29) is 0 Å². The van der Waals surface area contributed by atoms with Crippen LogP contribution in [-0.2, 0) is 0 Å². The minimum Gasteiger partial charge on any atom is -0.309 e. The third-order valence-corrected chi connectivity index (χ3v) is 11.7. The van der Waals surface area contributed by atoms with E-state index in [2.05, 4.69) is 215 Å². The number of aromatic nitrogens is 4. The molecule has 8 aromatic carbocycles. The van der Waals surface area contributed by atoms with Crippen LogP contribution in [0.15, 0.2) is 206 Å². The summed E-state index contributed by atoms with van der Waals surface area (Å²) in [5.41, 5.74) is 14.1. The minimum absolute atomic E-state index is 0.629.